The van der Waals surface area contributed by atoms with Crippen LogP contribution < -0.4 is 10.1 Å². The van der Waals surface area contributed by atoms with Crippen LogP contribution in [0.3, 0.4) is 0 Å². The number of hydrogen-bond acceptors (Lipinski definition) is 7. The quantitative estimate of drug-likeness (QED) is 0.417. The number of anilines is 1. The highest BCUT2D eigenvalue weighted by Crippen LogP contribution is 2.36. The van der Waals surface area contributed by atoms with Gasteiger partial charge in [0, 0.05) is 24.3 Å². The largest absolute Gasteiger partial charge is 0.479 e. The number of nitrogens with one attached hydrogen (secondary N) is 1. The van der Waals surface area contributed by atoms with E-state index in [0.717, 1.165) is 5.82 Å². The van der Waals surface area contributed by atoms with Gasteiger partial charge in [-0.25, -0.2) is 22.7 Å². The average Bonchev–Trinajstić information content (AvgIpc) is 3.45. The van der Waals surface area contributed by atoms with E-state index in [4.69, 9.17) is 9.47 Å². The molecule has 37 heavy (non-hydrogen) atoms. The normalized spacial score (nSPS) is 20.3. The van der Waals surface area contributed by atoms with E-state index in [0.29, 0.717) is 40.9 Å². The highest BCUT2D eigenvalue weighted by atomic mass is 19.3. The summed E-state index contributed by atoms with van der Waals surface area (Å²) in [5.74, 6) is -2.44. The van der Waals surface area contributed by atoms with Gasteiger partial charge in [0.05, 0.1) is 38.4 Å². The van der Waals surface area contributed by atoms with Gasteiger partial charge in [-0.1, -0.05) is 0 Å². The molecule has 0 aliphatic carbocycles. The fourth-order valence-electron chi connectivity index (χ4n) is 5.34. The molecule has 6 rings (SSSR count). The van der Waals surface area contributed by atoms with Gasteiger partial charge >= 0.3 is 0 Å². The second-order valence-electron chi connectivity index (χ2n) is 9.99. The summed E-state index contributed by atoms with van der Waals surface area (Å²) in [6.07, 6.45) is 1.68. The molecule has 5 heterocycles. The summed E-state index contributed by atoms with van der Waals surface area (Å²) in [6.45, 7) is 6.64. The van der Waals surface area contributed by atoms with Crippen molar-refractivity contribution in [1.82, 2.24) is 29.0 Å². The predicted molar refractivity (Wildman–Crippen MR) is 132 cm³/mol. The molecule has 1 aromatic carbocycles. The number of aryl methyl sites for hydroxylation is 1. The Morgan fingerprint density at radius 3 is 2.68 bits per heavy atom. The van der Waals surface area contributed by atoms with E-state index in [1.54, 1.807) is 17.2 Å². The number of benzene rings is 1. The number of aromatic nitrogens is 5. The van der Waals surface area contributed by atoms with Crippen LogP contribution in [0, 0.1) is 12.7 Å². The Kier molecular flexibility index (Phi) is 5.57. The van der Waals surface area contributed by atoms with E-state index in [9.17, 15) is 8.78 Å². The third-order valence-corrected chi connectivity index (χ3v) is 7.21. The van der Waals surface area contributed by atoms with E-state index in [1.165, 1.54) is 17.7 Å². The molecular formula is C25H28F3N7O2. The van der Waals surface area contributed by atoms with Crippen molar-refractivity contribution < 1.29 is 22.6 Å². The standard InChI is InChI=1S/C25H28F3N7O2/c1-13(2)35-14(3)29-21-18(26)7-15(8-19(21)35)17-5-6-34-22(17)23(36-4)31-24(32-34)30-20-9-33(12-25(20,27)28)16-10-37-11-16/h5-8,13,16,20H,9-12H2,1-4H3,(H,30,32)/t20-/m1/s1. The lowest BCUT2D eigenvalue weighted by molar-refractivity contribution is -0.0711. The fourth-order valence-corrected chi connectivity index (χ4v) is 5.34. The second kappa shape index (κ2) is 8.59. The number of ether oxygens (including phenoxy) is 2. The average molecular weight is 516 g/mol. The summed E-state index contributed by atoms with van der Waals surface area (Å²) < 4.78 is 58.8. The maximum atomic E-state index is 15.1. The Morgan fingerprint density at radius 2 is 2.00 bits per heavy atom. The Balaban J connectivity index is 1.38. The van der Waals surface area contributed by atoms with Crippen LogP contribution >= 0.6 is 0 Å². The molecule has 0 amide bonds. The molecule has 0 radical (unpaired) electrons. The molecule has 0 unspecified atom stereocenters. The highest BCUT2D eigenvalue weighted by molar-refractivity contribution is 5.90. The summed E-state index contributed by atoms with van der Waals surface area (Å²) >= 11 is 0. The number of likely N-dealkylation sites (tertiary alicyclic amines) is 1. The molecule has 1 atom stereocenters. The minimum Gasteiger partial charge on any atom is -0.479 e. The Labute approximate surface area is 211 Å². The maximum absolute atomic E-state index is 15.1. The second-order valence-corrected chi connectivity index (χ2v) is 9.99. The SMILES string of the molecule is COc1nc(N[C@@H]2CN(C3COC3)CC2(F)F)nn2ccc(-c3cc(F)c4nc(C)n(C(C)C)c4c3)c12. The van der Waals surface area contributed by atoms with Crippen molar-refractivity contribution >= 4 is 22.5 Å². The zero-order valence-electron chi connectivity index (χ0n) is 21.0. The number of alkyl halides is 2. The van der Waals surface area contributed by atoms with Gasteiger partial charge in [0.1, 0.15) is 22.9 Å². The van der Waals surface area contributed by atoms with E-state index in [2.05, 4.69) is 20.4 Å². The highest BCUT2D eigenvalue weighted by Gasteiger charge is 2.51. The van der Waals surface area contributed by atoms with Crippen LogP contribution in [-0.2, 0) is 4.74 Å². The van der Waals surface area contributed by atoms with Crippen LogP contribution in [-0.4, -0.2) is 80.5 Å². The third-order valence-electron chi connectivity index (χ3n) is 7.21. The van der Waals surface area contributed by atoms with Gasteiger partial charge in [-0.2, -0.15) is 4.98 Å². The van der Waals surface area contributed by atoms with Gasteiger partial charge in [0.2, 0.25) is 11.8 Å². The number of fused-ring (bicyclic) bond motifs is 2. The predicted octanol–water partition coefficient (Wildman–Crippen LogP) is 3.91. The number of imidazole rings is 1. The topological polar surface area (TPSA) is 81.7 Å². The first kappa shape index (κ1) is 24.0. The van der Waals surface area contributed by atoms with Gasteiger partial charge in [-0.3, -0.25) is 4.90 Å². The van der Waals surface area contributed by atoms with E-state index in [-0.39, 0.29) is 37.0 Å². The Bertz CT molecular complexity index is 1490. The third kappa shape index (κ3) is 3.89. The van der Waals surface area contributed by atoms with Crippen LogP contribution in [0.2, 0.25) is 0 Å². The van der Waals surface area contributed by atoms with Crippen LogP contribution in [0.5, 0.6) is 5.88 Å². The van der Waals surface area contributed by atoms with E-state index in [1.807, 2.05) is 31.4 Å². The van der Waals surface area contributed by atoms with Crippen LogP contribution in [0.15, 0.2) is 24.4 Å². The molecule has 0 bridgehead atoms. The number of halogens is 3. The summed E-state index contributed by atoms with van der Waals surface area (Å²) in [7, 11) is 1.45. The first-order valence-corrected chi connectivity index (χ1v) is 12.2. The number of hydrogen-bond donors (Lipinski definition) is 1. The minimum absolute atomic E-state index is 0.0103. The summed E-state index contributed by atoms with van der Waals surface area (Å²) in [5, 5.41) is 7.23. The van der Waals surface area contributed by atoms with Gasteiger partial charge < -0.3 is 19.4 Å². The minimum atomic E-state index is -2.95. The summed E-state index contributed by atoms with van der Waals surface area (Å²) in [5.41, 5.74) is 2.77. The molecule has 0 spiro atoms. The maximum Gasteiger partial charge on any atom is 0.281 e. The first-order chi connectivity index (χ1) is 17.7. The molecule has 2 aliphatic rings. The molecule has 2 fully saturated rings. The zero-order valence-corrected chi connectivity index (χ0v) is 21.0. The number of nitrogens with zero attached hydrogens (tertiary/aromatic N) is 6. The lowest BCUT2D eigenvalue weighted by Crippen LogP contribution is -2.48. The first-order valence-electron chi connectivity index (χ1n) is 12.2. The lowest BCUT2D eigenvalue weighted by Gasteiger charge is -2.34. The van der Waals surface area contributed by atoms with Gasteiger partial charge in [-0.05, 0) is 44.5 Å². The van der Waals surface area contributed by atoms with Crippen molar-refractivity contribution in [1.29, 1.82) is 0 Å². The molecule has 3 aromatic heterocycles. The fraction of sp³-hybridized carbons (Fsp3) is 0.480. The monoisotopic (exact) mass is 515 g/mol. The molecule has 2 saturated heterocycles. The Hall–Kier alpha value is -3.38. The summed E-state index contributed by atoms with van der Waals surface area (Å²) in [4.78, 5) is 10.5. The van der Waals surface area contributed by atoms with Crippen LogP contribution in [0.4, 0.5) is 19.1 Å². The molecule has 4 aromatic rings. The zero-order chi connectivity index (χ0) is 26.1. The number of methoxy groups -OCH3 is 1. The molecule has 2 aliphatic heterocycles. The van der Waals surface area contributed by atoms with E-state index < -0.39 is 17.8 Å². The van der Waals surface area contributed by atoms with Crippen molar-refractivity contribution in [3.05, 3.63) is 36.0 Å². The summed E-state index contributed by atoms with van der Waals surface area (Å²) in [6, 6.07) is 4.05. The van der Waals surface area contributed by atoms with Crippen LogP contribution in [0.1, 0.15) is 25.7 Å². The number of rotatable bonds is 6. The van der Waals surface area contributed by atoms with Gasteiger partial charge in [-0.15, -0.1) is 5.10 Å². The smallest absolute Gasteiger partial charge is 0.281 e. The molecular weight excluding hydrogens is 487 g/mol. The van der Waals surface area contributed by atoms with Gasteiger partial charge in [0.15, 0.2) is 5.82 Å². The van der Waals surface area contributed by atoms with Crippen LogP contribution in [0.25, 0.3) is 27.7 Å². The van der Waals surface area contributed by atoms with E-state index >= 15 is 4.39 Å². The lowest BCUT2D eigenvalue weighted by atomic mass is 10.1. The Morgan fingerprint density at radius 1 is 1.22 bits per heavy atom. The molecule has 0 saturated carbocycles. The molecule has 9 nitrogen and oxygen atoms in total. The molecule has 12 heteroatoms. The molecule has 196 valence electrons. The van der Waals surface area contributed by atoms with Gasteiger partial charge in [0.25, 0.3) is 5.92 Å². The molecule has 1 N–H and O–H groups in total. The van der Waals surface area contributed by atoms with Crippen molar-refractivity contribution in [2.45, 2.75) is 44.8 Å². The van der Waals surface area contributed by atoms with Crippen molar-refractivity contribution in [2.75, 3.05) is 38.7 Å². The van der Waals surface area contributed by atoms with Crippen molar-refractivity contribution in [2.24, 2.45) is 0 Å². The van der Waals surface area contributed by atoms with Crippen molar-refractivity contribution in [3.8, 4) is 17.0 Å². The van der Waals surface area contributed by atoms with Crippen molar-refractivity contribution in [3.63, 3.8) is 0 Å².